The molecule has 1 aliphatic rings. The number of carbonyl (C=O) groups excluding carboxylic acids is 2. The zero-order chi connectivity index (χ0) is 22.7. The van der Waals surface area contributed by atoms with Gasteiger partial charge in [-0.3, -0.25) is 9.59 Å². The lowest BCUT2D eigenvalue weighted by atomic mass is 9.88. The summed E-state index contributed by atoms with van der Waals surface area (Å²) in [6.07, 6.45) is 5.36. The molecule has 3 aromatic rings. The number of nitrogens with one attached hydrogen (secondary N) is 2. The molecule has 2 aromatic carbocycles. The van der Waals surface area contributed by atoms with Crippen molar-refractivity contribution in [3.8, 4) is 0 Å². The molecule has 0 aliphatic heterocycles. The van der Waals surface area contributed by atoms with Crippen molar-refractivity contribution in [1.82, 2.24) is 5.43 Å². The molecule has 32 heavy (non-hydrogen) atoms. The van der Waals surface area contributed by atoms with E-state index in [0.717, 1.165) is 52.6 Å². The third-order valence-electron chi connectivity index (χ3n) is 5.84. The van der Waals surface area contributed by atoms with Crippen LogP contribution in [0.2, 0.25) is 5.02 Å². The number of hydrogen-bond acceptors (Lipinski definition) is 4. The fourth-order valence-corrected chi connectivity index (χ4v) is 5.50. The zero-order valence-corrected chi connectivity index (χ0v) is 19.8. The Morgan fingerprint density at radius 1 is 1.09 bits per heavy atom. The van der Waals surface area contributed by atoms with Gasteiger partial charge < -0.3 is 5.32 Å². The Morgan fingerprint density at radius 2 is 1.88 bits per heavy atom. The summed E-state index contributed by atoms with van der Waals surface area (Å²) in [6.45, 7) is 3.82. The second-order valence-electron chi connectivity index (χ2n) is 8.29. The summed E-state index contributed by atoms with van der Waals surface area (Å²) in [5.74, 6) is -0.161. The number of thiophene rings is 1. The van der Waals surface area contributed by atoms with E-state index in [1.165, 1.54) is 17.8 Å². The van der Waals surface area contributed by atoms with Gasteiger partial charge in [-0.1, -0.05) is 55.1 Å². The number of aryl methyl sites for hydroxylation is 1. The van der Waals surface area contributed by atoms with Gasteiger partial charge in [-0.15, -0.1) is 11.3 Å². The molecule has 1 heterocycles. The number of anilines is 1. The number of amides is 2. The molecule has 166 valence electrons. The summed E-state index contributed by atoms with van der Waals surface area (Å²) in [7, 11) is 0. The molecule has 0 bridgehead atoms. The van der Waals surface area contributed by atoms with Gasteiger partial charge >= 0.3 is 0 Å². The summed E-state index contributed by atoms with van der Waals surface area (Å²) in [5.41, 5.74) is 5.93. The van der Waals surface area contributed by atoms with E-state index < -0.39 is 0 Å². The van der Waals surface area contributed by atoms with Crippen molar-refractivity contribution >= 4 is 56.2 Å². The first-order valence-corrected chi connectivity index (χ1v) is 12.1. The molecule has 0 radical (unpaired) electrons. The maximum atomic E-state index is 12.7. The number of halogens is 1. The number of nitrogens with zero attached hydrogens (tertiary/aromatic N) is 1. The highest BCUT2D eigenvalue weighted by molar-refractivity contribution is 7.21. The first kappa shape index (κ1) is 22.5. The highest BCUT2D eigenvalue weighted by atomic mass is 35.5. The first-order chi connectivity index (χ1) is 15.4. The smallest absolute Gasteiger partial charge is 0.283 e. The molecule has 0 saturated heterocycles. The van der Waals surface area contributed by atoms with E-state index in [1.807, 2.05) is 56.3 Å². The normalized spacial score (nSPS) is 15.0. The van der Waals surface area contributed by atoms with Crippen LogP contribution in [-0.4, -0.2) is 17.5 Å². The van der Waals surface area contributed by atoms with Gasteiger partial charge in [0.15, 0.2) is 0 Å². The minimum atomic E-state index is -0.338. The Balaban J connectivity index is 1.45. The van der Waals surface area contributed by atoms with Crippen molar-refractivity contribution in [3.05, 3.63) is 63.5 Å². The Morgan fingerprint density at radius 3 is 2.66 bits per heavy atom. The van der Waals surface area contributed by atoms with Crippen LogP contribution < -0.4 is 10.7 Å². The summed E-state index contributed by atoms with van der Waals surface area (Å²) in [4.78, 5) is 25.7. The molecule has 2 N–H and O–H groups in total. The Bertz CT molecular complexity index is 1200. The number of carbonyl (C=O) groups is 2. The van der Waals surface area contributed by atoms with Gasteiger partial charge in [0.1, 0.15) is 4.88 Å². The molecule has 0 spiro atoms. The Labute approximate surface area is 196 Å². The van der Waals surface area contributed by atoms with E-state index in [-0.39, 0.29) is 17.7 Å². The van der Waals surface area contributed by atoms with Crippen molar-refractivity contribution in [2.75, 3.05) is 5.32 Å². The van der Waals surface area contributed by atoms with E-state index in [0.29, 0.717) is 15.6 Å². The van der Waals surface area contributed by atoms with Gasteiger partial charge in [0.25, 0.3) is 5.91 Å². The van der Waals surface area contributed by atoms with E-state index in [1.54, 1.807) is 0 Å². The SMILES string of the molecule is CC(=NNC(=O)c1sc2cc(C)ccc2c1Cl)c1cccc(NC(=O)C2CCCCC2)c1. The number of hydrogen-bond donors (Lipinski definition) is 2. The summed E-state index contributed by atoms with van der Waals surface area (Å²) < 4.78 is 0.974. The quantitative estimate of drug-likeness (QED) is 0.330. The molecule has 1 aliphatic carbocycles. The highest BCUT2D eigenvalue weighted by Crippen LogP contribution is 2.35. The van der Waals surface area contributed by atoms with Gasteiger partial charge in [0.2, 0.25) is 5.91 Å². The molecule has 1 fully saturated rings. The number of fused-ring (bicyclic) bond motifs is 1. The fraction of sp³-hybridized carbons (Fsp3) is 0.320. The molecule has 0 atom stereocenters. The molecule has 5 nitrogen and oxygen atoms in total. The van der Waals surface area contributed by atoms with Crippen LogP contribution in [0.3, 0.4) is 0 Å². The molecule has 0 unspecified atom stereocenters. The number of hydrazone groups is 1. The van der Waals surface area contributed by atoms with Crippen LogP contribution in [0.5, 0.6) is 0 Å². The molecule has 1 aromatic heterocycles. The topological polar surface area (TPSA) is 70.6 Å². The largest absolute Gasteiger partial charge is 0.326 e. The molecular formula is C25H26ClN3O2S. The zero-order valence-electron chi connectivity index (χ0n) is 18.2. The van der Waals surface area contributed by atoms with E-state index in [4.69, 9.17) is 11.6 Å². The van der Waals surface area contributed by atoms with E-state index >= 15 is 0 Å². The third kappa shape index (κ3) is 5.03. The lowest BCUT2D eigenvalue weighted by molar-refractivity contribution is -0.120. The molecule has 2 amide bonds. The maximum Gasteiger partial charge on any atom is 0.283 e. The fourth-order valence-electron chi connectivity index (χ4n) is 4.00. The Kier molecular flexibility index (Phi) is 6.92. The lowest BCUT2D eigenvalue weighted by Crippen LogP contribution is -2.24. The predicted octanol–water partition coefficient (Wildman–Crippen LogP) is 6.54. The highest BCUT2D eigenvalue weighted by Gasteiger charge is 2.21. The van der Waals surface area contributed by atoms with Gasteiger partial charge in [-0.2, -0.15) is 5.10 Å². The van der Waals surface area contributed by atoms with Gasteiger partial charge in [0, 0.05) is 21.7 Å². The second kappa shape index (κ2) is 9.84. The van der Waals surface area contributed by atoms with Crippen LogP contribution in [0, 0.1) is 12.8 Å². The van der Waals surface area contributed by atoms with Gasteiger partial charge in [-0.25, -0.2) is 5.43 Å². The van der Waals surface area contributed by atoms with E-state index in [2.05, 4.69) is 15.8 Å². The first-order valence-electron chi connectivity index (χ1n) is 10.9. The second-order valence-corrected chi connectivity index (χ2v) is 9.72. The third-order valence-corrected chi connectivity index (χ3v) is 7.50. The van der Waals surface area contributed by atoms with Crippen LogP contribution in [-0.2, 0) is 4.79 Å². The molecule has 1 saturated carbocycles. The average Bonchev–Trinajstić information content (AvgIpc) is 3.13. The predicted molar refractivity (Wildman–Crippen MR) is 133 cm³/mol. The minimum Gasteiger partial charge on any atom is -0.326 e. The van der Waals surface area contributed by atoms with Gasteiger partial charge in [0.05, 0.1) is 10.7 Å². The summed E-state index contributed by atoms with van der Waals surface area (Å²) in [6, 6.07) is 13.4. The standard InChI is InChI=1S/C25H26ClN3O2S/c1-15-11-12-20-21(13-15)32-23(22(20)26)25(31)29-28-16(2)18-9-6-10-19(14-18)27-24(30)17-7-4-3-5-8-17/h6,9-14,17H,3-5,7-8H2,1-2H3,(H,27,30)(H,29,31). The average molecular weight is 468 g/mol. The van der Waals surface area contributed by atoms with Crippen LogP contribution in [0.25, 0.3) is 10.1 Å². The van der Waals surface area contributed by atoms with Gasteiger partial charge in [-0.05, 0) is 56.0 Å². The van der Waals surface area contributed by atoms with Crippen LogP contribution >= 0.6 is 22.9 Å². The van der Waals surface area contributed by atoms with Crippen molar-refractivity contribution < 1.29 is 9.59 Å². The van der Waals surface area contributed by atoms with Crippen LogP contribution in [0.4, 0.5) is 5.69 Å². The van der Waals surface area contributed by atoms with Crippen molar-refractivity contribution in [2.24, 2.45) is 11.0 Å². The number of benzene rings is 2. The van der Waals surface area contributed by atoms with E-state index in [9.17, 15) is 9.59 Å². The van der Waals surface area contributed by atoms with Crippen molar-refractivity contribution in [2.45, 2.75) is 46.0 Å². The van der Waals surface area contributed by atoms with Crippen LogP contribution in [0.1, 0.15) is 59.8 Å². The lowest BCUT2D eigenvalue weighted by Gasteiger charge is -2.20. The summed E-state index contributed by atoms with van der Waals surface area (Å²) in [5, 5.41) is 8.61. The van der Waals surface area contributed by atoms with Crippen molar-refractivity contribution in [3.63, 3.8) is 0 Å². The van der Waals surface area contributed by atoms with Crippen molar-refractivity contribution in [1.29, 1.82) is 0 Å². The van der Waals surface area contributed by atoms with Crippen LogP contribution in [0.15, 0.2) is 47.6 Å². The number of rotatable bonds is 5. The molecular weight excluding hydrogens is 442 g/mol. The summed E-state index contributed by atoms with van der Waals surface area (Å²) >= 11 is 7.79. The monoisotopic (exact) mass is 467 g/mol. The maximum absolute atomic E-state index is 12.7. The Hall–Kier alpha value is -2.70. The molecule has 7 heteroatoms. The minimum absolute atomic E-state index is 0.0828. The molecule has 4 rings (SSSR count).